The second-order valence-corrected chi connectivity index (χ2v) is 11.7. The summed E-state index contributed by atoms with van der Waals surface area (Å²) in [5.41, 5.74) is 0.789. The van der Waals surface area contributed by atoms with Crippen LogP contribution in [0.1, 0.15) is 78.1 Å². The van der Waals surface area contributed by atoms with Crippen molar-refractivity contribution in [3.8, 4) is 0 Å². The first-order valence-corrected chi connectivity index (χ1v) is 15.6. The van der Waals surface area contributed by atoms with E-state index in [2.05, 4.69) is 61.9 Å². The van der Waals surface area contributed by atoms with E-state index in [4.69, 9.17) is 4.74 Å². The van der Waals surface area contributed by atoms with Crippen LogP contribution in [-0.4, -0.2) is 102 Å². The van der Waals surface area contributed by atoms with Crippen LogP contribution in [0.5, 0.6) is 0 Å². The Morgan fingerprint density at radius 2 is 1.73 bits per heavy atom. The third-order valence-electron chi connectivity index (χ3n) is 7.62. The zero-order chi connectivity index (χ0) is 31.9. The molecule has 2 aromatic heterocycles. The molecule has 0 radical (unpaired) electrons. The number of unbranched alkanes of at least 4 members (excludes halogenated alkanes) is 6. The zero-order valence-electron chi connectivity index (χ0n) is 25.7. The number of carbonyl (C=O) groups is 2. The number of H-pyrrole nitrogens is 1. The van der Waals surface area contributed by atoms with E-state index in [1.165, 1.54) is 25.5 Å². The Bertz CT molecular complexity index is 1180. The van der Waals surface area contributed by atoms with Crippen molar-refractivity contribution in [2.24, 2.45) is 5.92 Å². The number of imidazole rings is 1. The molecule has 44 heavy (non-hydrogen) atoms. The van der Waals surface area contributed by atoms with Crippen LogP contribution in [0.2, 0.25) is 0 Å². The highest BCUT2D eigenvalue weighted by atomic mass is 16.5. The van der Waals surface area contributed by atoms with E-state index in [-0.39, 0.29) is 18.3 Å². The molecule has 0 bridgehead atoms. The fraction of sp³-hybridized carbons (Fsp3) is 0.700. The summed E-state index contributed by atoms with van der Waals surface area (Å²) >= 11 is 0. The summed E-state index contributed by atoms with van der Waals surface area (Å²) in [6, 6.07) is -1.28. The number of allylic oxidation sites excluding steroid dienone is 2. The SMILES string of the molecule is CC(C)CCC/C=C\CCCCCCCC(=O)NCC(=O)N[C@@H]1[C@@H](O)[C@@H](O)C(Nc2ncnc3nc[nH]c23)O[C@H]1[C@@H](O)CO. The number of aromatic amines is 1. The second kappa shape index (κ2) is 18.6. The van der Waals surface area contributed by atoms with Gasteiger partial charge in [-0.05, 0) is 38.0 Å². The Labute approximate surface area is 258 Å². The largest absolute Gasteiger partial charge is 0.394 e. The number of hydrogen-bond donors (Lipinski definition) is 8. The number of hydrogen-bond acceptors (Lipinski definition) is 11. The predicted molar refractivity (Wildman–Crippen MR) is 164 cm³/mol. The van der Waals surface area contributed by atoms with Gasteiger partial charge in [-0.15, -0.1) is 0 Å². The molecular weight excluding hydrogens is 570 g/mol. The normalized spacial score (nSPS) is 22.8. The van der Waals surface area contributed by atoms with E-state index in [0.29, 0.717) is 17.6 Å². The number of aliphatic hydroxyl groups excluding tert-OH is 4. The van der Waals surface area contributed by atoms with Crippen LogP contribution in [0.15, 0.2) is 24.8 Å². The number of fused-ring (bicyclic) bond motifs is 1. The number of amides is 2. The molecule has 3 rings (SSSR count). The molecule has 2 amide bonds. The summed E-state index contributed by atoms with van der Waals surface area (Å²) in [6.45, 7) is 3.41. The number of anilines is 1. The number of carbonyl (C=O) groups excluding carboxylic acids is 2. The first kappa shape index (κ1) is 35.3. The van der Waals surface area contributed by atoms with Gasteiger partial charge in [0.25, 0.3) is 0 Å². The van der Waals surface area contributed by atoms with Crippen LogP contribution in [0.4, 0.5) is 5.82 Å². The van der Waals surface area contributed by atoms with Crippen LogP contribution in [0.3, 0.4) is 0 Å². The van der Waals surface area contributed by atoms with Gasteiger partial charge in [-0.2, -0.15) is 0 Å². The van der Waals surface area contributed by atoms with Gasteiger partial charge < -0.3 is 46.1 Å². The molecule has 3 heterocycles. The summed E-state index contributed by atoms with van der Waals surface area (Å²) in [4.78, 5) is 39.9. The van der Waals surface area contributed by atoms with Crippen molar-refractivity contribution < 1.29 is 34.8 Å². The maximum absolute atomic E-state index is 12.6. The maximum atomic E-state index is 12.6. The molecule has 1 saturated heterocycles. The van der Waals surface area contributed by atoms with Crippen molar-refractivity contribution in [1.29, 1.82) is 0 Å². The minimum absolute atomic E-state index is 0.228. The van der Waals surface area contributed by atoms with Gasteiger partial charge in [-0.25, -0.2) is 15.0 Å². The number of ether oxygens (including phenoxy) is 1. The molecule has 246 valence electrons. The van der Waals surface area contributed by atoms with Gasteiger partial charge >= 0.3 is 0 Å². The summed E-state index contributed by atoms with van der Waals surface area (Å²) in [5, 5.41) is 49.5. The van der Waals surface area contributed by atoms with Crippen LogP contribution in [-0.2, 0) is 14.3 Å². The molecule has 14 nitrogen and oxygen atoms in total. The summed E-state index contributed by atoms with van der Waals surface area (Å²) < 4.78 is 5.79. The summed E-state index contributed by atoms with van der Waals surface area (Å²) in [5.74, 6) is 0.0716. The van der Waals surface area contributed by atoms with Gasteiger partial charge in [-0.3, -0.25) is 9.59 Å². The van der Waals surface area contributed by atoms with E-state index in [1.807, 2.05) is 0 Å². The predicted octanol–water partition coefficient (Wildman–Crippen LogP) is 1.28. The van der Waals surface area contributed by atoms with Gasteiger partial charge in [0.1, 0.15) is 36.3 Å². The quantitative estimate of drug-likeness (QED) is 0.0828. The Balaban J connectivity index is 1.37. The maximum Gasteiger partial charge on any atom is 0.239 e. The molecule has 0 aromatic carbocycles. The molecule has 2 aromatic rings. The fourth-order valence-electron chi connectivity index (χ4n) is 5.11. The van der Waals surface area contributed by atoms with E-state index in [1.54, 1.807) is 0 Å². The first-order valence-electron chi connectivity index (χ1n) is 15.6. The molecule has 1 fully saturated rings. The van der Waals surface area contributed by atoms with Crippen molar-refractivity contribution in [2.45, 2.75) is 115 Å². The van der Waals surface area contributed by atoms with E-state index < -0.39 is 49.2 Å². The van der Waals surface area contributed by atoms with E-state index in [9.17, 15) is 30.0 Å². The van der Waals surface area contributed by atoms with E-state index >= 15 is 0 Å². The van der Waals surface area contributed by atoms with Gasteiger partial charge in [0.2, 0.25) is 11.8 Å². The lowest BCUT2D eigenvalue weighted by Crippen LogP contribution is -2.68. The van der Waals surface area contributed by atoms with Gasteiger partial charge in [0, 0.05) is 6.42 Å². The Kier molecular flexibility index (Phi) is 14.9. The van der Waals surface area contributed by atoms with E-state index in [0.717, 1.165) is 50.9 Å². The highest BCUT2D eigenvalue weighted by Crippen LogP contribution is 2.26. The molecule has 14 heteroatoms. The number of nitrogens with one attached hydrogen (secondary N) is 4. The molecule has 0 aliphatic carbocycles. The lowest BCUT2D eigenvalue weighted by atomic mass is 9.92. The molecule has 0 spiro atoms. The monoisotopic (exact) mass is 619 g/mol. The average Bonchev–Trinajstić information content (AvgIpc) is 3.50. The molecule has 6 atom stereocenters. The number of aromatic nitrogens is 4. The van der Waals surface area contributed by atoms with Crippen molar-refractivity contribution >= 4 is 28.8 Å². The Hall–Kier alpha value is -3.17. The first-order chi connectivity index (χ1) is 21.2. The van der Waals surface area contributed by atoms with Gasteiger partial charge in [0.05, 0.1) is 25.5 Å². The van der Waals surface area contributed by atoms with Gasteiger partial charge in [0.15, 0.2) is 17.7 Å². The highest BCUT2D eigenvalue weighted by molar-refractivity contribution is 5.85. The minimum Gasteiger partial charge on any atom is -0.394 e. The minimum atomic E-state index is -1.59. The number of rotatable bonds is 19. The molecule has 1 aliphatic rings. The Morgan fingerprint density at radius 1 is 1.00 bits per heavy atom. The van der Waals surface area contributed by atoms with Crippen LogP contribution >= 0.6 is 0 Å². The Morgan fingerprint density at radius 3 is 2.48 bits per heavy atom. The van der Waals surface area contributed by atoms with Crippen LogP contribution in [0, 0.1) is 5.92 Å². The zero-order valence-corrected chi connectivity index (χ0v) is 25.7. The molecule has 1 aliphatic heterocycles. The third kappa shape index (κ3) is 11.1. The van der Waals surface area contributed by atoms with Crippen LogP contribution in [0.25, 0.3) is 11.2 Å². The number of nitrogens with zero attached hydrogens (tertiary/aromatic N) is 3. The average molecular weight is 620 g/mol. The van der Waals surface area contributed by atoms with Crippen molar-refractivity contribution in [3.05, 3.63) is 24.8 Å². The number of aliphatic hydroxyl groups is 4. The summed E-state index contributed by atoms with van der Waals surface area (Å²) in [6.07, 6.45) is 9.97. The van der Waals surface area contributed by atoms with Crippen molar-refractivity contribution in [1.82, 2.24) is 30.6 Å². The van der Waals surface area contributed by atoms with Gasteiger partial charge in [-0.1, -0.05) is 51.7 Å². The third-order valence-corrected chi connectivity index (χ3v) is 7.62. The lowest BCUT2D eigenvalue weighted by Gasteiger charge is -2.44. The highest BCUT2D eigenvalue weighted by Gasteiger charge is 2.48. The molecular formula is C30H49N7O7. The van der Waals surface area contributed by atoms with Crippen LogP contribution < -0.4 is 16.0 Å². The topological polar surface area (TPSA) is 215 Å². The smallest absolute Gasteiger partial charge is 0.239 e. The fourth-order valence-corrected chi connectivity index (χ4v) is 5.11. The molecule has 1 unspecified atom stereocenters. The van der Waals surface area contributed by atoms with Crippen molar-refractivity contribution in [3.63, 3.8) is 0 Å². The molecule has 0 saturated carbocycles. The standard InChI is InChI=1S/C30H49N7O7/c1-19(2)13-11-9-7-5-3-4-6-8-10-12-14-21(40)31-15-22(41)36-23-25(42)26(43)30(44-27(23)20(39)16-38)37-29-24-28(33-17-32-24)34-18-35-29/h5,7,17-20,23,25-27,30,38-39,42-43H,3-4,6,8-16H2,1-2H3,(H,31,40)(H,36,41)(H2,32,33,34,35,37)/b7-5-/t20-,23+,25+,26+,27-,30?/m0/s1. The van der Waals surface area contributed by atoms with Crippen molar-refractivity contribution in [2.75, 3.05) is 18.5 Å². The summed E-state index contributed by atoms with van der Waals surface area (Å²) in [7, 11) is 0. The lowest BCUT2D eigenvalue weighted by molar-refractivity contribution is -0.204. The second-order valence-electron chi connectivity index (χ2n) is 11.7. The molecule has 8 N–H and O–H groups in total.